The monoisotopic (exact) mass is 1170 g/mol. The van der Waals surface area contributed by atoms with Crippen LogP contribution in [-0.2, 0) is 0 Å². The molecule has 2 heterocycles. The van der Waals surface area contributed by atoms with Gasteiger partial charge in [-0.2, -0.15) is 0 Å². The van der Waals surface area contributed by atoms with Crippen LogP contribution in [0.3, 0.4) is 0 Å². The van der Waals surface area contributed by atoms with Gasteiger partial charge in [0.25, 0.3) is 0 Å². The second-order valence-electron chi connectivity index (χ2n) is 22.5. The molecule has 15 aromatic rings. The van der Waals surface area contributed by atoms with Gasteiger partial charge in [-0.15, -0.1) is 0 Å². The number of benzene rings is 13. The van der Waals surface area contributed by atoms with Crippen LogP contribution in [0.2, 0.25) is 0 Å². The van der Waals surface area contributed by atoms with Crippen molar-refractivity contribution in [3.63, 3.8) is 0 Å². The fourth-order valence-electron chi connectivity index (χ4n) is 14.0. The number of hydrogen-bond donors (Lipinski definition) is 0. The average molecular weight is 1170 g/mol. The van der Waals surface area contributed by atoms with Gasteiger partial charge in [0, 0.05) is 21.9 Å². The molecule has 416 valence electrons. The Morgan fingerprint density at radius 1 is 0.205 bits per heavy atom. The van der Waals surface area contributed by atoms with Gasteiger partial charge in [0.1, 0.15) is 11.2 Å². The molecule has 0 aliphatic rings. The lowest BCUT2D eigenvalue weighted by Gasteiger charge is -2.38. The number of furan rings is 1. The molecule has 4 nitrogen and oxygen atoms in total. The van der Waals surface area contributed by atoms with Gasteiger partial charge in [-0.1, -0.05) is 352 Å². The van der Waals surface area contributed by atoms with Crippen molar-refractivity contribution in [1.82, 2.24) is 15.0 Å². The molecule has 0 radical (unpaired) electrons. The van der Waals surface area contributed by atoms with Gasteiger partial charge in [0.15, 0.2) is 41.7 Å². The Morgan fingerprint density at radius 2 is 0.489 bits per heavy atom. The highest BCUT2D eigenvalue weighted by atomic mass is 28.3. The zero-order valence-corrected chi connectivity index (χ0v) is 51.3. The van der Waals surface area contributed by atoms with Crippen molar-refractivity contribution in [3.8, 4) is 34.2 Å². The fraction of sp³-hybridized carbons (Fsp3) is 0. The molecule has 88 heavy (non-hydrogen) atoms. The largest absolute Gasteiger partial charge is 0.455 e. The minimum absolute atomic E-state index is 0.523. The number of fused-ring (bicyclic) bond motifs is 3. The van der Waals surface area contributed by atoms with Crippen molar-refractivity contribution in [1.29, 1.82) is 0 Å². The fourth-order valence-corrected chi connectivity index (χ4v) is 28.7. The van der Waals surface area contributed by atoms with E-state index in [1.54, 1.807) is 0 Å². The molecule has 0 aliphatic heterocycles. The summed E-state index contributed by atoms with van der Waals surface area (Å²) in [6.07, 6.45) is 0. The SMILES string of the molecule is c1ccc(-c2nc(-c3cc([Si](c4ccccc4)(c4ccccc4)c4ccccc4)cc([Si](c4ccccc4)(c4ccccc4)c4ccccc4)c3)nc(-c3cccc4c3oc3c([Si](c5ccccc5)(c5ccccc5)c5ccccc5)cccc34)n2)cc1. The first-order chi connectivity index (χ1) is 43.6. The summed E-state index contributed by atoms with van der Waals surface area (Å²) in [5, 5.41) is 17.1. The van der Waals surface area contributed by atoms with Crippen molar-refractivity contribution >= 4 is 108 Å². The molecule has 15 rings (SSSR count). The zero-order chi connectivity index (χ0) is 58.7. The van der Waals surface area contributed by atoms with Gasteiger partial charge in [-0.05, 0) is 68.3 Å². The molecule has 0 saturated carbocycles. The topological polar surface area (TPSA) is 51.8 Å². The van der Waals surface area contributed by atoms with E-state index < -0.39 is 24.2 Å². The molecule has 0 N–H and O–H groups in total. The van der Waals surface area contributed by atoms with Crippen molar-refractivity contribution in [3.05, 3.63) is 358 Å². The Bertz CT molecular complexity index is 4440. The van der Waals surface area contributed by atoms with Crippen molar-refractivity contribution in [2.45, 2.75) is 0 Å². The lowest BCUT2D eigenvalue weighted by Crippen LogP contribution is -2.78. The molecule has 0 unspecified atom stereocenters. The van der Waals surface area contributed by atoms with Gasteiger partial charge >= 0.3 is 0 Å². The first-order valence-corrected chi connectivity index (χ1v) is 36.1. The smallest absolute Gasteiger partial charge is 0.184 e. The minimum Gasteiger partial charge on any atom is -0.455 e. The molecule has 0 fully saturated rings. The number of nitrogens with zero attached hydrogens (tertiary/aromatic N) is 3. The second kappa shape index (κ2) is 23.3. The molecule has 0 amide bonds. The average Bonchev–Trinajstić information content (AvgIpc) is 0.999. The minimum atomic E-state index is -3.24. The molecule has 0 saturated heterocycles. The third kappa shape index (κ3) is 9.14. The normalized spacial score (nSPS) is 11.9. The van der Waals surface area contributed by atoms with Crippen LogP contribution in [-0.4, -0.2) is 39.2 Å². The van der Waals surface area contributed by atoms with Crippen LogP contribution < -0.4 is 62.2 Å². The number of hydrogen-bond acceptors (Lipinski definition) is 4. The Balaban J connectivity index is 1.05. The molecule has 0 atom stereocenters. The third-order valence-corrected chi connectivity index (χ3v) is 32.1. The summed E-state index contributed by atoms with van der Waals surface area (Å²) in [7, 11) is -9.53. The van der Waals surface area contributed by atoms with Gasteiger partial charge < -0.3 is 4.42 Å². The van der Waals surface area contributed by atoms with E-state index in [-0.39, 0.29) is 0 Å². The molecular formula is C81H59N3OSi3. The van der Waals surface area contributed by atoms with E-state index >= 15 is 0 Å². The maximum absolute atomic E-state index is 7.60. The molecule has 0 spiro atoms. The van der Waals surface area contributed by atoms with Gasteiger partial charge in [-0.3, -0.25) is 0 Å². The first-order valence-electron chi connectivity index (χ1n) is 30.1. The van der Waals surface area contributed by atoms with E-state index in [0.29, 0.717) is 17.5 Å². The zero-order valence-electron chi connectivity index (χ0n) is 48.3. The summed E-state index contributed by atoms with van der Waals surface area (Å²) < 4.78 is 7.60. The van der Waals surface area contributed by atoms with Gasteiger partial charge in [0.2, 0.25) is 0 Å². The highest BCUT2D eigenvalue weighted by Gasteiger charge is 2.47. The van der Waals surface area contributed by atoms with Gasteiger partial charge in [0.05, 0.1) is 5.56 Å². The molecule has 13 aromatic carbocycles. The van der Waals surface area contributed by atoms with Crippen molar-refractivity contribution in [2.75, 3.05) is 0 Å². The van der Waals surface area contributed by atoms with E-state index in [4.69, 9.17) is 19.4 Å². The van der Waals surface area contributed by atoms with Crippen LogP contribution in [0.25, 0.3) is 56.1 Å². The molecule has 0 aliphatic carbocycles. The highest BCUT2D eigenvalue weighted by Crippen LogP contribution is 2.36. The lowest BCUT2D eigenvalue weighted by atomic mass is 10.1. The standard InChI is InChI=1S/C81H59N3OSi3/c1-11-33-60(34-12-1)79-82-80(84-81(83-79)75-55-31-53-73-74-54-32-56-76(78(74)85-77(73)75)88(68-47-25-8-26-48-68,69-49-27-9-28-50-69)70-51-29-10-30-52-70)61-57-71(86(62-35-13-2-14-36-62,63-37-15-3-16-38-63)64-39-17-4-18-40-64)59-72(58-61)87(65-41-19-5-20-42-65,66-43-21-6-22-44-66)67-45-23-7-24-46-67/h1-59H. The molecular weight excluding hydrogens is 1120 g/mol. The van der Waals surface area contributed by atoms with Gasteiger partial charge in [-0.25, -0.2) is 15.0 Å². The van der Waals surface area contributed by atoms with Crippen LogP contribution in [0.15, 0.2) is 362 Å². The number of aromatic nitrogens is 3. The van der Waals surface area contributed by atoms with E-state index in [9.17, 15) is 0 Å². The number of para-hydroxylation sites is 2. The molecule has 7 heteroatoms. The maximum atomic E-state index is 7.60. The quantitative estimate of drug-likeness (QED) is 0.0758. The predicted molar refractivity (Wildman–Crippen MR) is 374 cm³/mol. The molecule has 2 aromatic heterocycles. The van der Waals surface area contributed by atoms with Crippen LogP contribution in [0.1, 0.15) is 0 Å². The third-order valence-electron chi connectivity index (χ3n) is 17.8. The predicted octanol–water partition coefficient (Wildman–Crippen LogP) is 10.9. The summed E-state index contributed by atoms with van der Waals surface area (Å²) in [4.78, 5) is 16.9. The van der Waals surface area contributed by atoms with Crippen LogP contribution in [0, 0.1) is 0 Å². The van der Waals surface area contributed by atoms with Crippen LogP contribution in [0.5, 0.6) is 0 Å². The molecule has 0 bridgehead atoms. The van der Waals surface area contributed by atoms with Crippen LogP contribution in [0.4, 0.5) is 0 Å². The Kier molecular flexibility index (Phi) is 14.3. The Hall–Kier alpha value is -10.7. The summed E-state index contributed by atoms with van der Waals surface area (Å²) >= 11 is 0. The number of rotatable bonds is 15. The summed E-state index contributed by atoms with van der Waals surface area (Å²) in [5.41, 5.74) is 4.15. The van der Waals surface area contributed by atoms with E-state index in [2.05, 4.69) is 352 Å². The summed E-state index contributed by atoms with van der Waals surface area (Å²) in [6, 6.07) is 131. The van der Waals surface area contributed by atoms with E-state index in [0.717, 1.165) is 38.6 Å². The summed E-state index contributed by atoms with van der Waals surface area (Å²) in [6.45, 7) is 0. The van der Waals surface area contributed by atoms with Crippen molar-refractivity contribution < 1.29 is 4.42 Å². The van der Waals surface area contributed by atoms with E-state index in [1.165, 1.54) is 62.2 Å². The van der Waals surface area contributed by atoms with Crippen molar-refractivity contribution in [2.24, 2.45) is 0 Å². The second-order valence-corrected chi connectivity index (χ2v) is 33.9. The summed E-state index contributed by atoms with van der Waals surface area (Å²) in [5.74, 6) is 1.66. The van der Waals surface area contributed by atoms with Crippen LogP contribution >= 0.6 is 0 Å². The Morgan fingerprint density at radius 3 is 0.841 bits per heavy atom. The maximum Gasteiger partial charge on any atom is 0.184 e. The van der Waals surface area contributed by atoms with E-state index in [1.807, 2.05) is 6.07 Å². The Labute approximate surface area is 516 Å². The lowest BCUT2D eigenvalue weighted by molar-refractivity contribution is 0.672. The first kappa shape index (κ1) is 54.0. The highest BCUT2D eigenvalue weighted by molar-refractivity contribution is 7.22.